The van der Waals surface area contributed by atoms with Gasteiger partial charge in [0.2, 0.25) is 0 Å². The van der Waals surface area contributed by atoms with Crippen molar-refractivity contribution >= 4 is 23.8 Å². The third-order valence-corrected chi connectivity index (χ3v) is 2.90. The predicted octanol–water partition coefficient (Wildman–Crippen LogP) is 3.75. The molecule has 2 aromatic rings. The molecule has 5 nitrogen and oxygen atoms in total. The number of ether oxygens (including phenoxy) is 1. The standard InChI is InChI=1S/C16H13NO4/c1-21-16(19)12-5-2-11(3-6-12)4-7-13-10-14(17-20)8-9-15(13)18/h2-10,18H,1H3/b7-4+. The Balaban J connectivity index is 2.21. The number of hydrogen-bond acceptors (Lipinski definition) is 5. The SMILES string of the molecule is COC(=O)c1ccc(/C=C/c2cc(N=O)ccc2O)cc1. The molecule has 0 bridgehead atoms. The minimum Gasteiger partial charge on any atom is -0.507 e. The van der Waals surface area contributed by atoms with E-state index in [4.69, 9.17) is 0 Å². The van der Waals surface area contributed by atoms with Gasteiger partial charge in [-0.25, -0.2) is 4.79 Å². The number of methoxy groups -OCH3 is 1. The molecule has 0 radical (unpaired) electrons. The van der Waals surface area contributed by atoms with E-state index in [-0.39, 0.29) is 11.4 Å². The Bertz CT molecular complexity index is 690. The van der Waals surface area contributed by atoms with Gasteiger partial charge < -0.3 is 9.84 Å². The fourth-order valence-electron chi connectivity index (χ4n) is 1.77. The van der Waals surface area contributed by atoms with Crippen LogP contribution in [-0.2, 0) is 4.74 Å². The molecule has 1 N–H and O–H groups in total. The van der Waals surface area contributed by atoms with E-state index in [9.17, 15) is 14.8 Å². The van der Waals surface area contributed by atoms with Gasteiger partial charge in [0.05, 0.1) is 12.7 Å². The van der Waals surface area contributed by atoms with Crippen LogP contribution >= 0.6 is 0 Å². The lowest BCUT2D eigenvalue weighted by molar-refractivity contribution is 0.0600. The molecule has 0 aliphatic heterocycles. The van der Waals surface area contributed by atoms with E-state index in [2.05, 4.69) is 9.91 Å². The van der Waals surface area contributed by atoms with Gasteiger partial charge in [0, 0.05) is 5.56 Å². The number of aromatic hydroxyl groups is 1. The topological polar surface area (TPSA) is 76.0 Å². The van der Waals surface area contributed by atoms with E-state index in [1.165, 1.54) is 25.3 Å². The molecule has 0 spiro atoms. The zero-order valence-electron chi connectivity index (χ0n) is 11.3. The van der Waals surface area contributed by atoms with Crippen LogP contribution in [0.2, 0.25) is 0 Å². The molecule has 2 aromatic carbocycles. The van der Waals surface area contributed by atoms with E-state index < -0.39 is 5.97 Å². The zero-order chi connectivity index (χ0) is 15.2. The van der Waals surface area contributed by atoms with Crippen LogP contribution in [-0.4, -0.2) is 18.2 Å². The first-order valence-electron chi connectivity index (χ1n) is 6.17. The molecule has 0 aliphatic carbocycles. The quantitative estimate of drug-likeness (QED) is 0.526. The van der Waals surface area contributed by atoms with Crippen LogP contribution < -0.4 is 0 Å². The van der Waals surface area contributed by atoms with Crippen molar-refractivity contribution in [2.75, 3.05) is 7.11 Å². The summed E-state index contributed by atoms with van der Waals surface area (Å²) in [4.78, 5) is 21.8. The minimum absolute atomic E-state index is 0.0600. The molecule has 0 saturated carbocycles. The Morgan fingerprint density at radius 2 is 1.86 bits per heavy atom. The third kappa shape index (κ3) is 3.54. The summed E-state index contributed by atoms with van der Waals surface area (Å²) in [5.74, 6) is -0.335. The fraction of sp³-hybridized carbons (Fsp3) is 0.0625. The summed E-state index contributed by atoms with van der Waals surface area (Å²) >= 11 is 0. The van der Waals surface area contributed by atoms with Crippen LogP contribution in [0.4, 0.5) is 5.69 Å². The average molecular weight is 283 g/mol. The van der Waals surface area contributed by atoms with Crippen LogP contribution in [0, 0.1) is 4.91 Å². The number of phenols is 1. The second-order valence-corrected chi connectivity index (χ2v) is 4.28. The highest BCUT2D eigenvalue weighted by molar-refractivity contribution is 5.89. The number of carbonyl (C=O) groups is 1. The van der Waals surface area contributed by atoms with Crippen molar-refractivity contribution in [3.8, 4) is 5.75 Å². The Morgan fingerprint density at radius 3 is 2.48 bits per heavy atom. The predicted molar refractivity (Wildman–Crippen MR) is 80.3 cm³/mol. The monoisotopic (exact) mass is 283 g/mol. The van der Waals surface area contributed by atoms with Gasteiger partial charge in [0.1, 0.15) is 11.4 Å². The van der Waals surface area contributed by atoms with Crippen LogP contribution in [0.15, 0.2) is 47.6 Å². The fourth-order valence-corrected chi connectivity index (χ4v) is 1.77. The van der Waals surface area contributed by atoms with Crippen molar-refractivity contribution in [1.29, 1.82) is 0 Å². The number of benzene rings is 2. The molecule has 0 fully saturated rings. The molecule has 0 aromatic heterocycles. The number of esters is 1. The van der Waals surface area contributed by atoms with Gasteiger partial charge in [-0.05, 0) is 41.1 Å². The third-order valence-electron chi connectivity index (χ3n) is 2.90. The number of rotatable bonds is 4. The Morgan fingerprint density at radius 1 is 1.14 bits per heavy atom. The van der Waals surface area contributed by atoms with Crippen LogP contribution in [0.5, 0.6) is 5.75 Å². The summed E-state index contributed by atoms with van der Waals surface area (Å²) in [6.07, 6.45) is 3.42. The van der Waals surface area contributed by atoms with Gasteiger partial charge in [-0.15, -0.1) is 4.91 Å². The highest BCUT2D eigenvalue weighted by Gasteiger charge is 2.03. The maximum Gasteiger partial charge on any atom is 0.337 e. The molecular weight excluding hydrogens is 270 g/mol. The Hall–Kier alpha value is -2.95. The Kier molecular flexibility index (Phi) is 4.46. The van der Waals surface area contributed by atoms with E-state index in [0.29, 0.717) is 11.1 Å². The maximum absolute atomic E-state index is 11.3. The van der Waals surface area contributed by atoms with Gasteiger partial charge in [0.25, 0.3) is 0 Å². The van der Waals surface area contributed by atoms with Crippen LogP contribution in [0.25, 0.3) is 12.2 Å². The lowest BCUT2D eigenvalue weighted by Gasteiger charge is -2.01. The molecule has 0 unspecified atom stereocenters. The van der Waals surface area contributed by atoms with Crippen LogP contribution in [0.1, 0.15) is 21.5 Å². The van der Waals surface area contributed by atoms with Crippen molar-refractivity contribution in [1.82, 2.24) is 0 Å². The smallest absolute Gasteiger partial charge is 0.337 e. The van der Waals surface area contributed by atoms with Crippen molar-refractivity contribution in [3.63, 3.8) is 0 Å². The van der Waals surface area contributed by atoms with Crippen molar-refractivity contribution < 1.29 is 14.6 Å². The molecule has 106 valence electrons. The maximum atomic E-state index is 11.3. The van der Waals surface area contributed by atoms with Gasteiger partial charge in [-0.1, -0.05) is 24.3 Å². The second-order valence-electron chi connectivity index (χ2n) is 4.28. The number of nitroso groups, excluding NO2 is 1. The molecule has 0 amide bonds. The number of hydrogen-bond donors (Lipinski definition) is 1. The Labute approximate surface area is 121 Å². The summed E-state index contributed by atoms with van der Waals surface area (Å²) in [6, 6.07) is 11.1. The van der Waals surface area contributed by atoms with Gasteiger partial charge in [-0.2, -0.15) is 0 Å². The number of carbonyl (C=O) groups excluding carboxylic acids is 1. The highest BCUT2D eigenvalue weighted by Crippen LogP contribution is 2.25. The lowest BCUT2D eigenvalue weighted by atomic mass is 10.1. The number of nitrogens with zero attached hydrogens (tertiary/aromatic N) is 1. The van der Waals surface area contributed by atoms with Crippen LogP contribution in [0.3, 0.4) is 0 Å². The first-order chi connectivity index (χ1) is 10.1. The minimum atomic E-state index is -0.395. The summed E-state index contributed by atoms with van der Waals surface area (Å²) in [5.41, 5.74) is 2.04. The first-order valence-corrected chi connectivity index (χ1v) is 6.17. The molecule has 0 aliphatic rings. The molecule has 0 atom stereocenters. The van der Waals surface area contributed by atoms with Crippen molar-refractivity contribution in [2.24, 2.45) is 5.18 Å². The zero-order valence-corrected chi connectivity index (χ0v) is 11.3. The summed E-state index contributed by atoms with van der Waals surface area (Å²) in [5, 5.41) is 12.5. The van der Waals surface area contributed by atoms with Gasteiger partial charge in [0.15, 0.2) is 0 Å². The largest absolute Gasteiger partial charge is 0.507 e. The number of phenolic OH excluding ortho intramolecular Hbond substituents is 1. The van der Waals surface area contributed by atoms with E-state index in [0.717, 1.165) is 5.56 Å². The van der Waals surface area contributed by atoms with Gasteiger partial charge >= 0.3 is 5.97 Å². The molecule has 21 heavy (non-hydrogen) atoms. The molecule has 0 saturated heterocycles. The normalized spacial score (nSPS) is 10.5. The molecular formula is C16H13NO4. The molecule has 5 heteroatoms. The first kappa shape index (κ1) is 14.5. The van der Waals surface area contributed by atoms with Crippen molar-refractivity contribution in [3.05, 3.63) is 64.1 Å². The van der Waals surface area contributed by atoms with Gasteiger partial charge in [-0.3, -0.25) is 0 Å². The molecule has 0 heterocycles. The lowest BCUT2D eigenvalue weighted by Crippen LogP contribution is -2.00. The molecule has 2 rings (SSSR count). The summed E-state index contributed by atoms with van der Waals surface area (Å²) in [7, 11) is 1.33. The van der Waals surface area contributed by atoms with E-state index >= 15 is 0 Å². The average Bonchev–Trinajstić information content (AvgIpc) is 2.54. The van der Waals surface area contributed by atoms with Crippen molar-refractivity contribution in [2.45, 2.75) is 0 Å². The second kappa shape index (κ2) is 6.47. The van der Waals surface area contributed by atoms with E-state index in [1.807, 2.05) is 0 Å². The highest BCUT2D eigenvalue weighted by atomic mass is 16.5. The summed E-state index contributed by atoms with van der Waals surface area (Å²) < 4.78 is 4.62. The summed E-state index contributed by atoms with van der Waals surface area (Å²) in [6.45, 7) is 0. The van der Waals surface area contributed by atoms with E-state index in [1.54, 1.807) is 36.4 Å².